The highest BCUT2D eigenvalue weighted by atomic mass is 19.1. The summed E-state index contributed by atoms with van der Waals surface area (Å²) >= 11 is 0. The molecule has 0 spiro atoms. The van der Waals surface area contributed by atoms with Gasteiger partial charge in [0.15, 0.2) is 0 Å². The van der Waals surface area contributed by atoms with Gasteiger partial charge < -0.3 is 21.3 Å². The van der Waals surface area contributed by atoms with Gasteiger partial charge in [0.05, 0.1) is 18.0 Å². The Kier molecular flexibility index (Phi) is 3.49. The molecule has 1 aromatic carbocycles. The molecule has 84 valence electrons. The van der Waals surface area contributed by atoms with Crippen molar-refractivity contribution in [3.8, 4) is 0 Å². The van der Waals surface area contributed by atoms with E-state index in [-0.39, 0.29) is 18.8 Å². The number of hydrogen-bond acceptors (Lipinski definition) is 4. The first kappa shape index (κ1) is 11.7. The van der Waals surface area contributed by atoms with Crippen molar-refractivity contribution in [2.45, 2.75) is 12.5 Å². The van der Waals surface area contributed by atoms with E-state index in [1.54, 1.807) is 6.07 Å². The van der Waals surface area contributed by atoms with Crippen LogP contribution in [0.1, 0.15) is 6.92 Å². The van der Waals surface area contributed by atoms with E-state index < -0.39 is 11.4 Å². The summed E-state index contributed by atoms with van der Waals surface area (Å²) < 4.78 is 13.0. The first-order valence-corrected chi connectivity index (χ1v) is 4.57. The minimum atomic E-state index is -1.25. The molecule has 1 aromatic rings. The summed E-state index contributed by atoms with van der Waals surface area (Å²) in [5.41, 5.74) is 4.63. The number of benzene rings is 1. The summed E-state index contributed by atoms with van der Waals surface area (Å²) in [6.45, 7) is 1.18. The fraction of sp³-hybridized carbons (Fsp3) is 0.400. The Hall–Kier alpha value is -1.33. The maximum absolute atomic E-state index is 13.0. The minimum Gasteiger partial charge on any atom is -0.395 e. The number of nitrogens with two attached hydrogens (primary N) is 1. The minimum absolute atomic E-state index is 0.00578. The van der Waals surface area contributed by atoms with Crippen LogP contribution in [0.3, 0.4) is 0 Å². The molecule has 0 amide bonds. The second-order valence-corrected chi connectivity index (χ2v) is 3.71. The molecule has 0 heterocycles. The molecule has 0 bridgehead atoms. The topological polar surface area (TPSA) is 78.5 Å². The van der Waals surface area contributed by atoms with Crippen molar-refractivity contribution in [2.24, 2.45) is 0 Å². The number of para-hydroxylation sites is 1. The second-order valence-electron chi connectivity index (χ2n) is 3.71. The van der Waals surface area contributed by atoms with Crippen molar-refractivity contribution in [1.29, 1.82) is 0 Å². The van der Waals surface area contributed by atoms with Crippen LogP contribution in [0.4, 0.5) is 15.8 Å². The zero-order valence-corrected chi connectivity index (χ0v) is 8.50. The third-order valence-corrected chi connectivity index (χ3v) is 2.05. The first-order valence-electron chi connectivity index (χ1n) is 4.57. The SMILES string of the molecule is CC(O)(CO)CNc1cccc(F)c1N. The Labute approximate surface area is 87.5 Å². The summed E-state index contributed by atoms with van der Waals surface area (Å²) in [6, 6.07) is 4.37. The molecular formula is C10H15FN2O2. The van der Waals surface area contributed by atoms with Crippen LogP contribution in [0.15, 0.2) is 18.2 Å². The lowest BCUT2D eigenvalue weighted by Gasteiger charge is -2.21. The van der Waals surface area contributed by atoms with Crippen LogP contribution >= 0.6 is 0 Å². The molecule has 0 saturated carbocycles. The van der Waals surface area contributed by atoms with Crippen molar-refractivity contribution >= 4 is 11.4 Å². The number of nitrogens with one attached hydrogen (secondary N) is 1. The Morgan fingerprint density at radius 2 is 2.20 bits per heavy atom. The van der Waals surface area contributed by atoms with E-state index in [9.17, 15) is 9.50 Å². The van der Waals surface area contributed by atoms with Gasteiger partial charge in [0, 0.05) is 6.54 Å². The molecule has 1 atom stereocenters. The lowest BCUT2D eigenvalue weighted by atomic mass is 10.1. The molecule has 0 aromatic heterocycles. The summed E-state index contributed by atoms with van der Waals surface area (Å²) in [5.74, 6) is -0.511. The van der Waals surface area contributed by atoms with Gasteiger partial charge in [0.25, 0.3) is 0 Å². The van der Waals surface area contributed by atoms with Crippen LogP contribution < -0.4 is 11.1 Å². The van der Waals surface area contributed by atoms with Crippen LogP contribution in [0.25, 0.3) is 0 Å². The number of rotatable bonds is 4. The van der Waals surface area contributed by atoms with Gasteiger partial charge in [-0.3, -0.25) is 0 Å². The van der Waals surface area contributed by atoms with E-state index in [2.05, 4.69) is 5.32 Å². The van der Waals surface area contributed by atoms with Crippen LogP contribution in [0.5, 0.6) is 0 Å². The van der Waals surface area contributed by atoms with Crippen molar-refractivity contribution in [1.82, 2.24) is 0 Å². The molecule has 4 nitrogen and oxygen atoms in total. The zero-order chi connectivity index (χ0) is 11.5. The van der Waals surface area contributed by atoms with Crippen LogP contribution in [-0.2, 0) is 0 Å². The van der Waals surface area contributed by atoms with E-state index in [0.29, 0.717) is 5.69 Å². The van der Waals surface area contributed by atoms with Crippen molar-refractivity contribution < 1.29 is 14.6 Å². The Morgan fingerprint density at radius 3 is 2.80 bits per heavy atom. The number of nitrogen functional groups attached to an aromatic ring is 1. The predicted molar refractivity (Wildman–Crippen MR) is 57.0 cm³/mol. The third kappa shape index (κ3) is 3.07. The highest BCUT2D eigenvalue weighted by Crippen LogP contribution is 2.21. The standard InChI is InChI=1S/C10H15FN2O2/c1-10(15,6-14)5-13-8-4-2-3-7(11)9(8)12/h2-4,13-15H,5-6,12H2,1H3. The van der Waals surface area contributed by atoms with E-state index in [0.717, 1.165) is 0 Å². The highest BCUT2D eigenvalue weighted by molar-refractivity contribution is 5.66. The van der Waals surface area contributed by atoms with Gasteiger partial charge in [-0.05, 0) is 19.1 Å². The number of aliphatic hydroxyl groups excluding tert-OH is 1. The predicted octanol–water partition coefficient (Wildman–Crippen LogP) is 0.563. The molecule has 0 fully saturated rings. The largest absolute Gasteiger partial charge is 0.395 e. The van der Waals surface area contributed by atoms with Gasteiger partial charge in [-0.25, -0.2) is 4.39 Å². The fourth-order valence-corrected chi connectivity index (χ4v) is 1.03. The molecule has 0 radical (unpaired) electrons. The maximum atomic E-state index is 13.0. The molecule has 0 aliphatic carbocycles. The number of hydrogen-bond donors (Lipinski definition) is 4. The number of halogens is 1. The third-order valence-electron chi connectivity index (χ3n) is 2.05. The molecule has 0 aliphatic heterocycles. The fourth-order valence-electron chi connectivity index (χ4n) is 1.03. The maximum Gasteiger partial charge on any atom is 0.148 e. The van der Waals surface area contributed by atoms with Crippen molar-refractivity contribution in [2.75, 3.05) is 24.2 Å². The summed E-state index contributed by atoms with van der Waals surface area (Å²) in [7, 11) is 0. The molecular weight excluding hydrogens is 199 g/mol. The van der Waals surface area contributed by atoms with Gasteiger partial charge in [-0.2, -0.15) is 0 Å². The monoisotopic (exact) mass is 214 g/mol. The highest BCUT2D eigenvalue weighted by Gasteiger charge is 2.18. The van der Waals surface area contributed by atoms with E-state index in [4.69, 9.17) is 10.8 Å². The normalized spacial score (nSPS) is 14.7. The van der Waals surface area contributed by atoms with Gasteiger partial charge >= 0.3 is 0 Å². The number of anilines is 2. The van der Waals surface area contributed by atoms with Gasteiger partial charge in [-0.15, -0.1) is 0 Å². The molecule has 5 heteroatoms. The number of aliphatic hydroxyl groups is 2. The lowest BCUT2D eigenvalue weighted by Crippen LogP contribution is -2.37. The zero-order valence-electron chi connectivity index (χ0n) is 8.50. The van der Waals surface area contributed by atoms with E-state index in [1.807, 2.05) is 0 Å². The smallest absolute Gasteiger partial charge is 0.148 e. The quantitative estimate of drug-likeness (QED) is 0.552. The molecule has 0 saturated heterocycles. The van der Waals surface area contributed by atoms with E-state index in [1.165, 1.54) is 19.1 Å². The average Bonchev–Trinajstić information content (AvgIpc) is 2.20. The second kappa shape index (κ2) is 4.46. The first-order chi connectivity index (χ1) is 6.96. The summed E-state index contributed by atoms with van der Waals surface area (Å²) in [4.78, 5) is 0. The molecule has 15 heavy (non-hydrogen) atoms. The lowest BCUT2D eigenvalue weighted by molar-refractivity contribution is 0.0132. The molecule has 0 aliphatic rings. The average molecular weight is 214 g/mol. The van der Waals surface area contributed by atoms with Gasteiger partial charge in [0.2, 0.25) is 0 Å². The molecule has 5 N–H and O–H groups in total. The van der Waals surface area contributed by atoms with E-state index >= 15 is 0 Å². The van der Waals surface area contributed by atoms with Gasteiger partial charge in [-0.1, -0.05) is 6.07 Å². The van der Waals surface area contributed by atoms with Crippen LogP contribution in [0, 0.1) is 5.82 Å². The van der Waals surface area contributed by atoms with Crippen molar-refractivity contribution in [3.63, 3.8) is 0 Å². The Bertz CT molecular complexity index is 342. The molecule has 1 unspecified atom stereocenters. The van der Waals surface area contributed by atoms with Crippen LogP contribution in [-0.4, -0.2) is 29.0 Å². The Balaban J connectivity index is 2.70. The van der Waals surface area contributed by atoms with Gasteiger partial charge in [0.1, 0.15) is 11.4 Å². The summed E-state index contributed by atoms with van der Waals surface area (Å²) in [5, 5.41) is 21.1. The Morgan fingerprint density at radius 1 is 1.53 bits per heavy atom. The molecule has 1 rings (SSSR count). The van der Waals surface area contributed by atoms with Crippen LogP contribution in [0.2, 0.25) is 0 Å². The van der Waals surface area contributed by atoms with Crippen molar-refractivity contribution in [3.05, 3.63) is 24.0 Å². The summed E-state index contributed by atoms with van der Waals surface area (Å²) in [6.07, 6.45) is 0.